The number of hydrogen-bond acceptors (Lipinski definition) is 4. The molecule has 1 aliphatic heterocycles. The maximum absolute atomic E-state index is 12.5. The van der Waals surface area contributed by atoms with E-state index in [4.69, 9.17) is 4.74 Å². The zero-order valence-corrected chi connectivity index (χ0v) is 13.9. The number of aromatic nitrogens is 2. The van der Waals surface area contributed by atoms with E-state index < -0.39 is 5.54 Å². The summed E-state index contributed by atoms with van der Waals surface area (Å²) in [6.07, 6.45) is 5.09. The number of carbonyl (C=O) groups excluding carboxylic acids is 2. The van der Waals surface area contributed by atoms with Gasteiger partial charge in [0.15, 0.2) is 6.61 Å². The van der Waals surface area contributed by atoms with Gasteiger partial charge in [-0.2, -0.15) is 5.10 Å². The van der Waals surface area contributed by atoms with Gasteiger partial charge in [-0.15, -0.1) is 0 Å². The third kappa shape index (κ3) is 2.97. The van der Waals surface area contributed by atoms with Crippen molar-refractivity contribution < 1.29 is 14.3 Å². The van der Waals surface area contributed by atoms with E-state index >= 15 is 0 Å². The van der Waals surface area contributed by atoms with Crippen LogP contribution in [0.15, 0.2) is 42.7 Å². The largest absolute Gasteiger partial charge is 0.483 e. The lowest BCUT2D eigenvalue weighted by Crippen LogP contribution is -2.44. The quantitative estimate of drug-likeness (QED) is 0.878. The summed E-state index contributed by atoms with van der Waals surface area (Å²) in [7, 11) is 0. The normalized spacial score (nSPS) is 18.1. The standard InChI is InChI=1S/C18H20N4O3/c23-16-13-25-15-5-2-1-4-14(15)12-21(16)11-9-19-17(24)18(6-7-18)22-10-3-8-20-22/h1-5,8,10H,6-7,9,11-13H2,(H,19,24). The Morgan fingerprint density at radius 3 is 2.88 bits per heavy atom. The molecule has 1 aromatic carbocycles. The molecule has 7 heteroatoms. The molecule has 2 aromatic rings. The molecule has 0 radical (unpaired) electrons. The van der Waals surface area contributed by atoms with Crippen LogP contribution in [0.1, 0.15) is 18.4 Å². The molecule has 2 heterocycles. The van der Waals surface area contributed by atoms with Gasteiger partial charge < -0.3 is 15.0 Å². The molecule has 0 spiro atoms. The molecule has 4 rings (SSSR count). The van der Waals surface area contributed by atoms with Gasteiger partial charge in [-0.3, -0.25) is 14.3 Å². The molecule has 0 unspecified atom stereocenters. The molecule has 1 N–H and O–H groups in total. The van der Waals surface area contributed by atoms with Crippen molar-refractivity contribution in [2.24, 2.45) is 0 Å². The molecule has 0 saturated heterocycles. The Bertz CT molecular complexity index is 783. The summed E-state index contributed by atoms with van der Waals surface area (Å²) in [4.78, 5) is 26.5. The van der Waals surface area contributed by atoms with E-state index in [0.717, 1.165) is 24.2 Å². The molecule has 1 aromatic heterocycles. The smallest absolute Gasteiger partial charge is 0.260 e. The lowest BCUT2D eigenvalue weighted by molar-refractivity contribution is -0.134. The van der Waals surface area contributed by atoms with Crippen LogP contribution in [0, 0.1) is 0 Å². The number of benzene rings is 1. The summed E-state index contributed by atoms with van der Waals surface area (Å²) < 4.78 is 7.27. The minimum absolute atomic E-state index is 0.0299. The molecule has 2 amide bonds. The highest BCUT2D eigenvalue weighted by atomic mass is 16.5. The summed E-state index contributed by atoms with van der Waals surface area (Å²) in [5.74, 6) is 0.645. The molecule has 1 aliphatic carbocycles. The molecule has 25 heavy (non-hydrogen) atoms. The van der Waals surface area contributed by atoms with Crippen LogP contribution in [0.4, 0.5) is 0 Å². The van der Waals surface area contributed by atoms with Gasteiger partial charge in [0.2, 0.25) is 5.91 Å². The molecule has 0 atom stereocenters. The Morgan fingerprint density at radius 2 is 2.12 bits per heavy atom. The van der Waals surface area contributed by atoms with Gasteiger partial charge in [0.05, 0.1) is 0 Å². The van der Waals surface area contributed by atoms with Crippen molar-refractivity contribution in [3.05, 3.63) is 48.3 Å². The van der Waals surface area contributed by atoms with E-state index in [2.05, 4.69) is 10.4 Å². The summed E-state index contributed by atoms with van der Waals surface area (Å²) >= 11 is 0. The van der Waals surface area contributed by atoms with Gasteiger partial charge in [0, 0.05) is 37.6 Å². The number of fused-ring (bicyclic) bond motifs is 1. The number of carbonyl (C=O) groups is 2. The van der Waals surface area contributed by atoms with Crippen LogP contribution in [0.3, 0.4) is 0 Å². The summed E-state index contributed by atoms with van der Waals surface area (Å²) in [6, 6.07) is 9.47. The van der Waals surface area contributed by atoms with Crippen LogP contribution >= 0.6 is 0 Å². The molecular formula is C18H20N4O3. The van der Waals surface area contributed by atoms with Crippen LogP contribution in [0.2, 0.25) is 0 Å². The second-order valence-corrected chi connectivity index (χ2v) is 6.45. The number of para-hydroxylation sites is 1. The van der Waals surface area contributed by atoms with Crippen molar-refractivity contribution in [2.75, 3.05) is 19.7 Å². The first-order valence-corrected chi connectivity index (χ1v) is 8.46. The van der Waals surface area contributed by atoms with Gasteiger partial charge >= 0.3 is 0 Å². The second kappa shape index (κ2) is 6.23. The van der Waals surface area contributed by atoms with Crippen LogP contribution in [-0.4, -0.2) is 46.2 Å². The predicted octanol–water partition coefficient (Wildman–Crippen LogP) is 0.910. The first kappa shape index (κ1) is 15.7. The molecule has 1 fully saturated rings. The van der Waals surface area contributed by atoms with E-state index in [1.807, 2.05) is 36.5 Å². The molecule has 7 nitrogen and oxygen atoms in total. The van der Waals surface area contributed by atoms with Crippen molar-refractivity contribution in [3.8, 4) is 5.75 Å². The Hall–Kier alpha value is -2.83. The molecule has 2 aliphatic rings. The van der Waals surface area contributed by atoms with Crippen LogP contribution in [-0.2, 0) is 21.7 Å². The highest BCUT2D eigenvalue weighted by Crippen LogP contribution is 2.42. The fourth-order valence-electron chi connectivity index (χ4n) is 3.17. The van der Waals surface area contributed by atoms with E-state index in [9.17, 15) is 9.59 Å². The fraction of sp³-hybridized carbons (Fsp3) is 0.389. The number of hydrogen-bond donors (Lipinski definition) is 1. The van der Waals surface area contributed by atoms with Crippen molar-refractivity contribution in [3.63, 3.8) is 0 Å². The minimum atomic E-state index is -0.540. The first-order chi connectivity index (χ1) is 12.2. The van der Waals surface area contributed by atoms with Gasteiger partial charge in [-0.1, -0.05) is 18.2 Å². The van der Waals surface area contributed by atoms with Crippen molar-refractivity contribution in [1.82, 2.24) is 20.0 Å². The van der Waals surface area contributed by atoms with Gasteiger partial charge in [0.1, 0.15) is 11.3 Å². The number of nitrogens with one attached hydrogen (secondary N) is 1. The van der Waals surface area contributed by atoms with E-state index in [-0.39, 0.29) is 18.4 Å². The minimum Gasteiger partial charge on any atom is -0.483 e. The average Bonchev–Trinajstić information content (AvgIpc) is 3.29. The molecular weight excluding hydrogens is 320 g/mol. The van der Waals surface area contributed by atoms with Gasteiger partial charge in [0.25, 0.3) is 5.91 Å². The SMILES string of the molecule is O=C1COc2ccccc2CN1CCNC(=O)C1(n2cccn2)CC1. The third-order valence-corrected chi connectivity index (χ3v) is 4.79. The second-order valence-electron chi connectivity index (χ2n) is 6.45. The monoisotopic (exact) mass is 340 g/mol. The topological polar surface area (TPSA) is 76.5 Å². The fourth-order valence-corrected chi connectivity index (χ4v) is 3.17. The Labute approximate surface area is 145 Å². The Morgan fingerprint density at radius 1 is 1.28 bits per heavy atom. The van der Waals surface area contributed by atoms with Crippen molar-refractivity contribution in [1.29, 1.82) is 0 Å². The predicted molar refractivity (Wildman–Crippen MR) is 89.8 cm³/mol. The maximum Gasteiger partial charge on any atom is 0.260 e. The number of ether oxygens (including phenoxy) is 1. The van der Waals surface area contributed by atoms with Crippen molar-refractivity contribution in [2.45, 2.75) is 24.9 Å². The Balaban J connectivity index is 1.35. The lowest BCUT2D eigenvalue weighted by atomic mass is 10.2. The lowest BCUT2D eigenvalue weighted by Gasteiger charge is -2.21. The number of nitrogens with zero attached hydrogens (tertiary/aromatic N) is 3. The van der Waals surface area contributed by atoms with Crippen molar-refractivity contribution >= 4 is 11.8 Å². The van der Waals surface area contributed by atoms with Crippen LogP contribution in [0.25, 0.3) is 0 Å². The zero-order chi connectivity index (χ0) is 17.3. The van der Waals surface area contributed by atoms with E-state index in [0.29, 0.717) is 19.6 Å². The molecule has 130 valence electrons. The molecule has 0 bridgehead atoms. The maximum atomic E-state index is 12.5. The highest BCUT2D eigenvalue weighted by molar-refractivity contribution is 5.87. The van der Waals surface area contributed by atoms with Gasteiger partial charge in [-0.05, 0) is 25.0 Å². The highest BCUT2D eigenvalue weighted by Gasteiger charge is 2.52. The first-order valence-electron chi connectivity index (χ1n) is 8.46. The summed E-state index contributed by atoms with van der Waals surface area (Å²) in [6.45, 7) is 1.39. The average molecular weight is 340 g/mol. The molecule has 1 saturated carbocycles. The zero-order valence-electron chi connectivity index (χ0n) is 13.9. The number of rotatable bonds is 5. The summed E-state index contributed by atoms with van der Waals surface area (Å²) in [5, 5.41) is 7.15. The van der Waals surface area contributed by atoms with Crippen LogP contribution in [0.5, 0.6) is 5.75 Å². The van der Waals surface area contributed by atoms with Gasteiger partial charge in [-0.25, -0.2) is 0 Å². The van der Waals surface area contributed by atoms with E-state index in [1.54, 1.807) is 15.8 Å². The summed E-state index contributed by atoms with van der Waals surface area (Å²) in [5.41, 5.74) is 0.442. The third-order valence-electron chi connectivity index (χ3n) is 4.79. The van der Waals surface area contributed by atoms with Crippen LogP contribution < -0.4 is 10.1 Å². The van der Waals surface area contributed by atoms with E-state index in [1.165, 1.54) is 0 Å². The Kier molecular flexibility index (Phi) is 3.91. The number of amides is 2.